The first kappa shape index (κ1) is 11.3. The molecule has 2 rings (SSSR count). The second-order valence-electron chi connectivity index (χ2n) is 4.05. The van der Waals surface area contributed by atoms with Crippen molar-refractivity contribution in [2.75, 3.05) is 19.7 Å². The quantitative estimate of drug-likeness (QED) is 0.753. The molecule has 0 aromatic heterocycles. The molecule has 1 saturated carbocycles. The van der Waals surface area contributed by atoms with E-state index in [2.05, 4.69) is 5.32 Å². The summed E-state index contributed by atoms with van der Waals surface area (Å²) in [5, 5.41) is 3.21. The Hall–Kier alpha value is -1.16. The fourth-order valence-electron chi connectivity index (χ4n) is 1.46. The molecule has 0 unspecified atom stereocenters. The predicted molar refractivity (Wildman–Crippen MR) is 57.4 cm³/mol. The molecule has 0 radical (unpaired) electrons. The summed E-state index contributed by atoms with van der Waals surface area (Å²) in [6.07, 6.45) is 2.60. The average Bonchev–Trinajstić information content (AvgIpc) is 3.07. The summed E-state index contributed by atoms with van der Waals surface area (Å²) in [4.78, 5) is 0. The Bertz CT molecular complexity index is 353. The molecule has 1 N–H and O–H groups in total. The van der Waals surface area contributed by atoms with Gasteiger partial charge in [-0.25, -0.2) is 4.39 Å². The lowest BCUT2D eigenvalue weighted by Gasteiger charge is -2.08. The van der Waals surface area contributed by atoms with Gasteiger partial charge in [0.2, 0.25) is 5.82 Å². The summed E-state index contributed by atoms with van der Waals surface area (Å²) in [6, 6.07) is 3.94. The standard InChI is InChI=1S/C12H15F2NO/c13-10-2-1-3-11(12(10)14)16-7-6-15-8-9-4-5-9/h1-3,9,15H,4-8H2. The van der Waals surface area contributed by atoms with Gasteiger partial charge in [0.1, 0.15) is 6.61 Å². The summed E-state index contributed by atoms with van der Waals surface area (Å²) in [5.41, 5.74) is 0. The molecule has 0 bridgehead atoms. The maximum Gasteiger partial charge on any atom is 0.200 e. The van der Waals surface area contributed by atoms with E-state index < -0.39 is 11.6 Å². The van der Waals surface area contributed by atoms with Crippen molar-refractivity contribution in [1.82, 2.24) is 5.32 Å². The molecule has 0 saturated heterocycles. The first-order chi connectivity index (χ1) is 7.77. The van der Waals surface area contributed by atoms with Crippen molar-refractivity contribution >= 4 is 0 Å². The lowest BCUT2D eigenvalue weighted by Crippen LogP contribution is -2.23. The van der Waals surface area contributed by atoms with Crippen LogP contribution in [0, 0.1) is 17.6 Å². The van der Waals surface area contributed by atoms with Crippen LogP contribution in [0.1, 0.15) is 12.8 Å². The second kappa shape index (κ2) is 5.25. The molecule has 4 heteroatoms. The van der Waals surface area contributed by atoms with Crippen LogP contribution in [0.5, 0.6) is 5.75 Å². The maximum absolute atomic E-state index is 13.1. The van der Waals surface area contributed by atoms with Gasteiger partial charge < -0.3 is 10.1 Å². The van der Waals surface area contributed by atoms with Gasteiger partial charge in [-0.2, -0.15) is 4.39 Å². The number of ether oxygens (including phenoxy) is 1. The molecule has 2 nitrogen and oxygen atoms in total. The zero-order valence-corrected chi connectivity index (χ0v) is 9.01. The van der Waals surface area contributed by atoms with Crippen molar-refractivity contribution in [2.45, 2.75) is 12.8 Å². The fraction of sp³-hybridized carbons (Fsp3) is 0.500. The normalized spacial score (nSPS) is 15.1. The Morgan fingerprint density at radius 1 is 1.31 bits per heavy atom. The van der Waals surface area contributed by atoms with E-state index in [9.17, 15) is 8.78 Å². The molecule has 1 aliphatic rings. The van der Waals surface area contributed by atoms with Crippen LogP contribution in [0.25, 0.3) is 0 Å². The Morgan fingerprint density at radius 3 is 2.88 bits per heavy atom. The van der Waals surface area contributed by atoms with Gasteiger partial charge in [0.15, 0.2) is 11.6 Å². The van der Waals surface area contributed by atoms with Gasteiger partial charge in [-0.1, -0.05) is 6.07 Å². The van der Waals surface area contributed by atoms with Gasteiger partial charge in [-0.05, 0) is 37.4 Å². The minimum atomic E-state index is -0.912. The van der Waals surface area contributed by atoms with E-state index in [0.29, 0.717) is 13.2 Å². The van der Waals surface area contributed by atoms with Crippen LogP contribution in [0.15, 0.2) is 18.2 Å². The highest BCUT2D eigenvalue weighted by Crippen LogP contribution is 2.27. The van der Waals surface area contributed by atoms with Crippen molar-refractivity contribution < 1.29 is 13.5 Å². The Morgan fingerprint density at radius 2 is 2.12 bits per heavy atom. The van der Waals surface area contributed by atoms with Crippen LogP contribution in [0.2, 0.25) is 0 Å². The molecule has 0 heterocycles. The molecule has 1 aromatic rings. The molecule has 88 valence electrons. The van der Waals surface area contributed by atoms with Crippen LogP contribution in [0.4, 0.5) is 8.78 Å². The zero-order chi connectivity index (χ0) is 11.4. The van der Waals surface area contributed by atoms with Crippen molar-refractivity contribution in [1.29, 1.82) is 0 Å². The number of hydrogen-bond acceptors (Lipinski definition) is 2. The van der Waals surface area contributed by atoms with E-state index in [1.807, 2.05) is 0 Å². The molecule has 0 aliphatic heterocycles. The van der Waals surface area contributed by atoms with Gasteiger partial charge in [-0.3, -0.25) is 0 Å². The smallest absolute Gasteiger partial charge is 0.200 e. The molecule has 1 aromatic carbocycles. The molecule has 0 spiro atoms. The molecular formula is C12H15F2NO. The van der Waals surface area contributed by atoms with E-state index in [1.54, 1.807) is 0 Å². The lowest BCUT2D eigenvalue weighted by molar-refractivity contribution is 0.292. The highest BCUT2D eigenvalue weighted by Gasteiger charge is 2.19. The topological polar surface area (TPSA) is 21.3 Å². The molecule has 16 heavy (non-hydrogen) atoms. The summed E-state index contributed by atoms with van der Waals surface area (Å²) in [7, 11) is 0. The first-order valence-electron chi connectivity index (χ1n) is 5.55. The van der Waals surface area contributed by atoms with Gasteiger partial charge in [0.25, 0.3) is 0 Å². The number of hydrogen-bond donors (Lipinski definition) is 1. The molecular weight excluding hydrogens is 212 g/mol. The van der Waals surface area contributed by atoms with Crippen LogP contribution in [0.3, 0.4) is 0 Å². The number of nitrogens with one attached hydrogen (secondary N) is 1. The van der Waals surface area contributed by atoms with E-state index in [1.165, 1.54) is 25.0 Å². The minimum Gasteiger partial charge on any atom is -0.489 e. The third-order valence-electron chi connectivity index (χ3n) is 2.58. The molecule has 0 atom stereocenters. The monoisotopic (exact) mass is 227 g/mol. The van der Waals surface area contributed by atoms with Gasteiger partial charge in [0.05, 0.1) is 0 Å². The maximum atomic E-state index is 13.1. The first-order valence-corrected chi connectivity index (χ1v) is 5.55. The Balaban J connectivity index is 1.69. The van der Waals surface area contributed by atoms with Crippen molar-refractivity contribution in [2.24, 2.45) is 5.92 Å². The fourth-order valence-corrected chi connectivity index (χ4v) is 1.46. The van der Waals surface area contributed by atoms with E-state index >= 15 is 0 Å². The highest BCUT2D eigenvalue weighted by atomic mass is 19.2. The average molecular weight is 227 g/mol. The SMILES string of the molecule is Fc1cccc(OCCNCC2CC2)c1F. The van der Waals surface area contributed by atoms with Crippen LogP contribution >= 0.6 is 0 Å². The van der Waals surface area contributed by atoms with Crippen LogP contribution in [-0.4, -0.2) is 19.7 Å². The largest absolute Gasteiger partial charge is 0.489 e. The second-order valence-corrected chi connectivity index (χ2v) is 4.05. The lowest BCUT2D eigenvalue weighted by atomic mass is 10.3. The van der Waals surface area contributed by atoms with Crippen LogP contribution in [-0.2, 0) is 0 Å². The van der Waals surface area contributed by atoms with Crippen molar-refractivity contribution in [3.63, 3.8) is 0 Å². The Kier molecular flexibility index (Phi) is 3.72. The molecule has 1 fully saturated rings. The summed E-state index contributed by atoms with van der Waals surface area (Å²) < 4.78 is 31.1. The van der Waals surface area contributed by atoms with Gasteiger partial charge in [-0.15, -0.1) is 0 Å². The van der Waals surface area contributed by atoms with Gasteiger partial charge in [0, 0.05) is 6.54 Å². The van der Waals surface area contributed by atoms with Crippen molar-refractivity contribution in [3.05, 3.63) is 29.8 Å². The van der Waals surface area contributed by atoms with Gasteiger partial charge >= 0.3 is 0 Å². The predicted octanol–water partition coefficient (Wildman–Crippen LogP) is 2.34. The van der Waals surface area contributed by atoms with E-state index in [4.69, 9.17) is 4.74 Å². The summed E-state index contributed by atoms with van der Waals surface area (Å²) >= 11 is 0. The third kappa shape index (κ3) is 3.17. The number of halogens is 2. The number of benzene rings is 1. The summed E-state index contributed by atoms with van der Waals surface area (Å²) in [6.45, 7) is 2.01. The zero-order valence-electron chi connectivity index (χ0n) is 9.01. The van der Waals surface area contributed by atoms with Crippen LogP contribution < -0.4 is 10.1 Å². The number of rotatable bonds is 6. The minimum absolute atomic E-state index is 0.0202. The van der Waals surface area contributed by atoms with E-state index in [0.717, 1.165) is 18.5 Å². The van der Waals surface area contributed by atoms with E-state index in [-0.39, 0.29) is 5.75 Å². The Labute approximate surface area is 93.6 Å². The van der Waals surface area contributed by atoms with Crippen molar-refractivity contribution in [3.8, 4) is 5.75 Å². The summed E-state index contributed by atoms with van der Waals surface area (Å²) in [5.74, 6) is -0.993. The molecule has 1 aliphatic carbocycles. The molecule has 0 amide bonds. The highest BCUT2D eigenvalue weighted by molar-refractivity contribution is 5.24. The third-order valence-corrected chi connectivity index (χ3v) is 2.58.